The Kier molecular flexibility index (Phi) is 3.62. The van der Waals surface area contributed by atoms with Gasteiger partial charge in [0.25, 0.3) is 15.5 Å². The molecule has 6 nitrogen and oxygen atoms in total. The number of nitrogens with zero attached hydrogens (tertiary/aromatic N) is 2. The number of aromatic nitrogens is 1. The molecule has 0 saturated heterocycles. The second-order valence-electron chi connectivity index (χ2n) is 2.97. The van der Waals surface area contributed by atoms with Crippen LogP contribution >= 0.6 is 10.7 Å². The van der Waals surface area contributed by atoms with Crippen LogP contribution in [-0.4, -0.2) is 18.3 Å². The first kappa shape index (κ1) is 13.7. The van der Waals surface area contributed by atoms with Gasteiger partial charge in [0.05, 0.1) is 4.92 Å². The second-order valence-corrected chi connectivity index (χ2v) is 5.50. The van der Waals surface area contributed by atoms with Crippen molar-refractivity contribution in [3.8, 4) is 0 Å². The van der Waals surface area contributed by atoms with Crippen LogP contribution in [0, 0.1) is 17.0 Å². The van der Waals surface area contributed by atoms with E-state index in [1.54, 1.807) is 0 Å². The highest BCUT2D eigenvalue weighted by Crippen LogP contribution is 2.36. The summed E-state index contributed by atoms with van der Waals surface area (Å²) in [7, 11) is 0.387. The van der Waals surface area contributed by atoms with Gasteiger partial charge in [-0.05, 0) is 6.92 Å². The van der Waals surface area contributed by atoms with Crippen molar-refractivity contribution in [2.75, 3.05) is 0 Å². The molecule has 0 atom stereocenters. The molecule has 0 aliphatic rings. The summed E-state index contributed by atoms with van der Waals surface area (Å²) in [4.78, 5) is 11.8. The van der Waals surface area contributed by atoms with Crippen molar-refractivity contribution in [2.24, 2.45) is 0 Å². The van der Waals surface area contributed by atoms with Gasteiger partial charge in [0.1, 0.15) is 16.2 Å². The summed E-state index contributed by atoms with van der Waals surface area (Å²) in [6, 6.07) is 0. The maximum atomic E-state index is 12.7. The van der Waals surface area contributed by atoms with E-state index < -0.39 is 36.5 Å². The Labute approximate surface area is 98.8 Å². The fraction of sp³-hybridized carbons (Fsp3) is 0.286. The first-order valence-electron chi connectivity index (χ1n) is 4.03. The number of rotatable bonds is 3. The molecule has 17 heavy (non-hydrogen) atoms. The number of alkyl halides is 2. The zero-order valence-corrected chi connectivity index (χ0v) is 9.80. The van der Waals surface area contributed by atoms with Crippen molar-refractivity contribution in [1.29, 1.82) is 0 Å². The molecule has 10 heteroatoms. The summed E-state index contributed by atoms with van der Waals surface area (Å²) < 4.78 is 47.4. The van der Waals surface area contributed by atoms with E-state index in [1.165, 1.54) is 0 Å². The van der Waals surface area contributed by atoms with E-state index >= 15 is 0 Å². The highest BCUT2D eigenvalue weighted by atomic mass is 35.7. The normalized spacial score (nSPS) is 11.8. The summed E-state index contributed by atoms with van der Waals surface area (Å²) in [5.41, 5.74) is -2.59. The lowest BCUT2D eigenvalue weighted by Gasteiger charge is -2.07. The van der Waals surface area contributed by atoms with Crippen molar-refractivity contribution in [3.63, 3.8) is 0 Å². The molecule has 94 valence electrons. The number of hydrogen-bond acceptors (Lipinski definition) is 5. The number of nitro groups is 1. The maximum Gasteiger partial charge on any atom is 0.300 e. The average Bonchev–Trinajstić information content (AvgIpc) is 2.14. The summed E-state index contributed by atoms with van der Waals surface area (Å²) in [5.74, 6) is 0. The van der Waals surface area contributed by atoms with Crippen LogP contribution in [0.3, 0.4) is 0 Å². The van der Waals surface area contributed by atoms with Gasteiger partial charge in [-0.1, -0.05) is 0 Å². The van der Waals surface area contributed by atoms with Gasteiger partial charge in [0.2, 0.25) is 0 Å². The smallest absolute Gasteiger partial charge is 0.258 e. The standard InChI is InChI=1S/C7H5ClF2N2O4S/c1-3-6(12(13)14)5(7(9)10)4(2-11-3)17(8,15)16/h2,7H,1H3. The van der Waals surface area contributed by atoms with E-state index in [9.17, 15) is 27.3 Å². The fourth-order valence-corrected chi connectivity index (χ4v) is 2.23. The third-order valence-electron chi connectivity index (χ3n) is 1.90. The molecule has 0 fully saturated rings. The first-order valence-corrected chi connectivity index (χ1v) is 6.34. The topological polar surface area (TPSA) is 90.2 Å². The molecule has 0 spiro atoms. The second kappa shape index (κ2) is 4.49. The minimum absolute atomic E-state index is 0.311. The van der Waals surface area contributed by atoms with Crippen LogP contribution in [0.2, 0.25) is 0 Å². The molecule has 1 heterocycles. The van der Waals surface area contributed by atoms with E-state index in [4.69, 9.17) is 10.7 Å². The minimum atomic E-state index is -4.53. The lowest BCUT2D eigenvalue weighted by Crippen LogP contribution is -2.07. The predicted molar refractivity (Wildman–Crippen MR) is 53.6 cm³/mol. The Morgan fingerprint density at radius 2 is 2.06 bits per heavy atom. The van der Waals surface area contributed by atoms with Gasteiger partial charge in [-0.15, -0.1) is 0 Å². The Balaban J connectivity index is 3.78. The zero-order chi connectivity index (χ0) is 13.4. The van der Waals surface area contributed by atoms with E-state index in [0.717, 1.165) is 6.92 Å². The van der Waals surface area contributed by atoms with Crippen LogP contribution in [0.25, 0.3) is 0 Å². The monoisotopic (exact) mass is 286 g/mol. The average molecular weight is 287 g/mol. The predicted octanol–water partition coefficient (Wildman–Crippen LogP) is 2.16. The van der Waals surface area contributed by atoms with Crippen LogP contribution in [0.4, 0.5) is 14.5 Å². The maximum absolute atomic E-state index is 12.7. The van der Waals surface area contributed by atoms with Gasteiger partial charge in [-0.3, -0.25) is 15.1 Å². The molecule has 0 radical (unpaired) electrons. The van der Waals surface area contributed by atoms with Crippen molar-refractivity contribution in [2.45, 2.75) is 18.2 Å². The molecular weight excluding hydrogens is 282 g/mol. The van der Waals surface area contributed by atoms with E-state index in [0.29, 0.717) is 6.20 Å². The molecule has 0 aliphatic carbocycles. The van der Waals surface area contributed by atoms with Crippen LogP contribution < -0.4 is 0 Å². The Bertz CT molecular complexity index is 575. The van der Waals surface area contributed by atoms with Crippen molar-refractivity contribution >= 4 is 25.4 Å². The Morgan fingerprint density at radius 3 is 2.41 bits per heavy atom. The molecular formula is C7H5ClF2N2O4S. The summed E-state index contributed by atoms with van der Waals surface area (Å²) in [6.07, 6.45) is -2.77. The molecule has 0 aliphatic heterocycles. The van der Waals surface area contributed by atoms with E-state index in [-0.39, 0.29) is 5.69 Å². The zero-order valence-electron chi connectivity index (χ0n) is 8.22. The number of halogens is 3. The third-order valence-corrected chi connectivity index (χ3v) is 3.25. The molecule has 0 N–H and O–H groups in total. The number of hydrogen-bond donors (Lipinski definition) is 0. The minimum Gasteiger partial charge on any atom is -0.258 e. The Hall–Kier alpha value is -1.35. The van der Waals surface area contributed by atoms with Gasteiger partial charge >= 0.3 is 5.69 Å². The van der Waals surface area contributed by atoms with Crippen molar-refractivity contribution < 1.29 is 22.1 Å². The third kappa shape index (κ3) is 2.67. The first-order chi connectivity index (χ1) is 7.66. The lowest BCUT2D eigenvalue weighted by atomic mass is 10.2. The number of aryl methyl sites for hydroxylation is 1. The fourth-order valence-electron chi connectivity index (χ4n) is 1.23. The molecule has 0 bridgehead atoms. The van der Waals surface area contributed by atoms with Gasteiger partial charge in [0.15, 0.2) is 0 Å². The van der Waals surface area contributed by atoms with Gasteiger partial charge in [0, 0.05) is 16.9 Å². The molecule has 0 aromatic carbocycles. The van der Waals surface area contributed by atoms with Gasteiger partial charge in [-0.25, -0.2) is 17.2 Å². The quantitative estimate of drug-likeness (QED) is 0.482. The molecule has 0 saturated carbocycles. The van der Waals surface area contributed by atoms with E-state index in [2.05, 4.69) is 4.98 Å². The van der Waals surface area contributed by atoms with Crippen molar-refractivity contribution in [3.05, 3.63) is 27.6 Å². The molecule has 1 aromatic heterocycles. The number of pyridine rings is 1. The van der Waals surface area contributed by atoms with Gasteiger partial charge < -0.3 is 0 Å². The van der Waals surface area contributed by atoms with Gasteiger partial charge in [-0.2, -0.15) is 0 Å². The lowest BCUT2D eigenvalue weighted by molar-refractivity contribution is -0.387. The van der Waals surface area contributed by atoms with Crippen LogP contribution in [0.15, 0.2) is 11.1 Å². The summed E-state index contributed by atoms with van der Waals surface area (Å²) in [6.45, 7) is 1.12. The largest absolute Gasteiger partial charge is 0.300 e. The van der Waals surface area contributed by atoms with Crippen LogP contribution in [0.5, 0.6) is 0 Å². The molecule has 1 aromatic rings. The SMILES string of the molecule is Cc1ncc(S(=O)(=O)Cl)c(C(F)F)c1[N+](=O)[O-]. The van der Waals surface area contributed by atoms with E-state index in [1.807, 2.05) is 0 Å². The Morgan fingerprint density at radius 1 is 1.53 bits per heavy atom. The molecule has 1 rings (SSSR count). The van der Waals surface area contributed by atoms with Crippen LogP contribution in [0.1, 0.15) is 17.7 Å². The van der Waals surface area contributed by atoms with Crippen molar-refractivity contribution in [1.82, 2.24) is 4.98 Å². The highest BCUT2D eigenvalue weighted by molar-refractivity contribution is 8.13. The summed E-state index contributed by atoms with van der Waals surface area (Å²) >= 11 is 0. The highest BCUT2D eigenvalue weighted by Gasteiger charge is 2.33. The summed E-state index contributed by atoms with van der Waals surface area (Å²) in [5, 5.41) is 10.6. The molecule has 0 amide bonds. The van der Waals surface area contributed by atoms with Crippen LogP contribution in [-0.2, 0) is 9.05 Å². The molecule has 0 unspecified atom stereocenters.